The van der Waals surface area contributed by atoms with Crippen molar-refractivity contribution in [2.75, 3.05) is 23.7 Å². The van der Waals surface area contributed by atoms with E-state index in [1.54, 1.807) is 30.3 Å². The summed E-state index contributed by atoms with van der Waals surface area (Å²) in [5.41, 5.74) is 2.65. The third kappa shape index (κ3) is 9.21. The van der Waals surface area contributed by atoms with Crippen LogP contribution in [0.4, 0.5) is 5.69 Å². The van der Waals surface area contributed by atoms with Gasteiger partial charge in [-0.05, 0) is 46.7 Å². The Morgan fingerprint density at radius 3 is 2.14 bits per heavy atom. The fourth-order valence-corrected chi connectivity index (χ4v) is 5.94. The van der Waals surface area contributed by atoms with Gasteiger partial charge in [0.05, 0.1) is 11.9 Å². The summed E-state index contributed by atoms with van der Waals surface area (Å²) in [6.45, 7) is 7.81. The monoisotopic (exact) mass is 631 g/mol. The minimum Gasteiger partial charge on any atom is -0.354 e. The molecule has 0 radical (unpaired) electrons. The minimum absolute atomic E-state index is 0.0113. The van der Waals surface area contributed by atoms with Gasteiger partial charge in [0.15, 0.2) is 0 Å². The lowest BCUT2D eigenvalue weighted by atomic mass is 10.0. The van der Waals surface area contributed by atoms with Gasteiger partial charge in [-0.1, -0.05) is 105 Å². The second kappa shape index (κ2) is 14.9. The maximum absolute atomic E-state index is 14.3. The van der Waals surface area contributed by atoms with Crippen LogP contribution in [0, 0.1) is 5.92 Å². The quantitative estimate of drug-likeness (QED) is 0.240. The highest BCUT2D eigenvalue weighted by molar-refractivity contribution is 7.92. The van der Waals surface area contributed by atoms with Gasteiger partial charge in [-0.15, -0.1) is 0 Å². The first-order valence-electron chi connectivity index (χ1n) is 13.9. The average Bonchev–Trinajstić information content (AvgIpc) is 2.93. The van der Waals surface area contributed by atoms with Gasteiger partial charge in [-0.3, -0.25) is 13.9 Å². The Balaban J connectivity index is 2.11. The molecule has 10 heteroatoms. The first-order valence-corrected chi connectivity index (χ1v) is 16.5. The number of anilines is 1. The summed E-state index contributed by atoms with van der Waals surface area (Å²) in [7, 11) is -3.87. The van der Waals surface area contributed by atoms with Gasteiger partial charge < -0.3 is 10.2 Å². The molecule has 0 unspecified atom stereocenters. The van der Waals surface area contributed by atoms with Crippen molar-refractivity contribution in [2.24, 2.45) is 5.92 Å². The van der Waals surface area contributed by atoms with Crippen LogP contribution in [0.5, 0.6) is 0 Å². The molecule has 0 aliphatic carbocycles. The topological polar surface area (TPSA) is 86.8 Å². The lowest BCUT2D eigenvalue weighted by molar-refractivity contribution is -0.140. The predicted molar refractivity (Wildman–Crippen MR) is 172 cm³/mol. The van der Waals surface area contributed by atoms with Gasteiger partial charge in [0.25, 0.3) is 0 Å². The second-order valence-corrected chi connectivity index (χ2v) is 13.8. The summed E-state index contributed by atoms with van der Waals surface area (Å²) in [5.74, 6) is -0.670. The van der Waals surface area contributed by atoms with Gasteiger partial charge in [0.2, 0.25) is 21.8 Å². The van der Waals surface area contributed by atoms with Crippen LogP contribution in [0.1, 0.15) is 50.3 Å². The fraction of sp³-hybridized carbons (Fsp3) is 0.375. The maximum atomic E-state index is 14.3. The number of carbonyl (C=O) groups excluding carboxylic acids is 2. The van der Waals surface area contributed by atoms with Gasteiger partial charge in [-0.2, -0.15) is 0 Å². The number of carbonyl (C=O) groups is 2. The zero-order chi connectivity index (χ0) is 31.0. The minimum atomic E-state index is -3.87. The number of amides is 2. The van der Waals surface area contributed by atoms with Crippen molar-refractivity contribution in [3.8, 4) is 0 Å². The third-order valence-electron chi connectivity index (χ3n) is 6.82. The Kier molecular flexibility index (Phi) is 11.9. The van der Waals surface area contributed by atoms with E-state index < -0.39 is 28.5 Å². The molecule has 226 valence electrons. The molecule has 3 aromatic carbocycles. The number of benzene rings is 3. The van der Waals surface area contributed by atoms with Gasteiger partial charge in [0, 0.05) is 29.6 Å². The zero-order valence-electron chi connectivity index (χ0n) is 24.7. The zero-order valence-corrected chi connectivity index (χ0v) is 27.0. The fourth-order valence-electron chi connectivity index (χ4n) is 4.61. The molecule has 0 spiro atoms. The van der Waals surface area contributed by atoms with Crippen molar-refractivity contribution in [1.82, 2.24) is 10.2 Å². The molecule has 42 heavy (non-hydrogen) atoms. The molecule has 2 amide bonds. The smallest absolute Gasteiger partial charge is 0.244 e. The Hall–Kier alpha value is -3.07. The second-order valence-electron chi connectivity index (χ2n) is 11.1. The normalized spacial score (nSPS) is 12.3. The Morgan fingerprint density at radius 2 is 1.55 bits per heavy atom. The Morgan fingerprint density at radius 1 is 0.905 bits per heavy atom. The van der Waals surface area contributed by atoms with Crippen LogP contribution >= 0.6 is 23.2 Å². The lowest BCUT2D eigenvalue weighted by Crippen LogP contribution is -2.53. The first-order chi connectivity index (χ1) is 19.8. The SMILES string of the molecule is CC(C)CNC(=O)[C@H](Cc1ccccc1)N(Cc1ccc(Cl)cc1Cl)C(=O)CN(c1ccccc1C(C)C)S(C)(=O)=O. The standard InChI is InChI=1S/C32H39Cl2N3O4S/c1-22(2)19-35-32(39)30(17-24-11-7-6-8-12-24)36(20-25-15-16-26(33)18-28(25)34)31(38)21-37(42(5,40)41)29-14-10-9-13-27(29)23(3)4/h6-16,18,22-23,30H,17,19-21H2,1-5H3,(H,35,39)/t30-/m0/s1. The number of para-hydroxylation sites is 1. The largest absolute Gasteiger partial charge is 0.354 e. The number of nitrogens with one attached hydrogen (secondary N) is 1. The summed E-state index contributed by atoms with van der Waals surface area (Å²) >= 11 is 12.7. The number of hydrogen-bond acceptors (Lipinski definition) is 4. The number of sulfonamides is 1. The maximum Gasteiger partial charge on any atom is 0.244 e. The number of halogens is 2. The van der Waals surface area contributed by atoms with E-state index in [9.17, 15) is 18.0 Å². The van der Waals surface area contributed by atoms with Crippen LogP contribution in [0.15, 0.2) is 72.8 Å². The molecule has 1 N–H and O–H groups in total. The van der Waals surface area contributed by atoms with Crippen LogP contribution in [0.25, 0.3) is 0 Å². The van der Waals surface area contributed by atoms with E-state index in [-0.39, 0.29) is 30.7 Å². The summed E-state index contributed by atoms with van der Waals surface area (Å²) < 4.78 is 27.4. The highest BCUT2D eigenvalue weighted by atomic mass is 35.5. The predicted octanol–water partition coefficient (Wildman–Crippen LogP) is 6.30. The van der Waals surface area contributed by atoms with E-state index >= 15 is 0 Å². The Labute approximate surface area is 259 Å². The van der Waals surface area contributed by atoms with Crippen molar-refractivity contribution < 1.29 is 18.0 Å². The van der Waals surface area contributed by atoms with Crippen LogP contribution in [0.3, 0.4) is 0 Å². The highest BCUT2D eigenvalue weighted by Gasteiger charge is 2.34. The van der Waals surface area contributed by atoms with Crippen molar-refractivity contribution in [3.05, 3.63) is 99.5 Å². The molecule has 1 atom stereocenters. The van der Waals surface area contributed by atoms with Crippen LogP contribution in [-0.2, 0) is 32.6 Å². The van der Waals surface area contributed by atoms with Gasteiger partial charge in [0.1, 0.15) is 12.6 Å². The van der Waals surface area contributed by atoms with Crippen molar-refractivity contribution >= 4 is 50.7 Å². The Bertz CT molecular complexity index is 1480. The van der Waals surface area contributed by atoms with E-state index in [1.165, 1.54) is 4.90 Å². The van der Waals surface area contributed by atoms with E-state index in [1.807, 2.05) is 70.2 Å². The van der Waals surface area contributed by atoms with Gasteiger partial charge >= 0.3 is 0 Å². The molecule has 7 nitrogen and oxygen atoms in total. The molecule has 0 saturated heterocycles. The average molecular weight is 633 g/mol. The van der Waals surface area contributed by atoms with Crippen LogP contribution in [0.2, 0.25) is 10.0 Å². The molecule has 0 aromatic heterocycles. The molecule has 0 aliphatic heterocycles. The first kappa shape index (κ1) is 33.4. The number of nitrogens with zero attached hydrogens (tertiary/aromatic N) is 2. The van der Waals surface area contributed by atoms with E-state index in [4.69, 9.17) is 23.2 Å². The molecule has 0 saturated carbocycles. The molecule has 3 rings (SSSR count). The van der Waals surface area contributed by atoms with Crippen molar-refractivity contribution in [3.63, 3.8) is 0 Å². The molecular formula is C32H39Cl2N3O4S. The summed E-state index contributed by atoms with van der Waals surface area (Å²) in [5, 5.41) is 3.74. The number of rotatable bonds is 13. The van der Waals surface area contributed by atoms with E-state index in [2.05, 4.69) is 5.32 Å². The molecule has 0 bridgehead atoms. The molecule has 0 aliphatic rings. The van der Waals surface area contributed by atoms with Crippen molar-refractivity contribution in [2.45, 2.75) is 52.6 Å². The summed E-state index contributed by atoms with van der Waals surface area (Å²) in [6.07, 6.45) is 1.30. The molecule has 0 fully saturated rings. The van der Waals surface area contributed by atoms with Crippen LogP contribution in [-0.4, -0.2) is 50.5 Å². The van der Waals surface area contributed by atoms with Gasteiger partial charge in [-0.25, -0.2) is 8.42 Å². The third-order valence-corrected chi connectivity index (χ3v) is 8.53. The lowest BCUT2D eigenvalue weighted by Gasteiger charge is -2.34. The molecule has 3 aromatic rings. The van der Waals surface area contributed by atoms with Crippen LogP contribution < -0.4 is 9.62 Å². The van der Waals surface area contributed by atoms with E-state index in [0.717, 1.165) is 21.7 Å². The number of hydrogen-bond donors (Lipinski definition) is 1. The summed E-state index contributed by atoms with van der Waals surface area (Å²) in [6, 6.07) is 20.5. The highest BCUT2D eigenvalue weighted by Crippen LogP contribution is 2.30. The summed E-state index contributed by atoms with van der Waals surface area (Å²) in [4.78, 5) is 29.4. The molecular weight excluding hydrogens is 593 g/mol. The molecule has 0 heterocycles. The van der Waals surface area contributed by atoms with Crippen molar-refractivity contribution in [1.29, 1.82) is 0 Å². The van der Waals surface area contributed by atoms with E-state index in [0.29, 0.717) is 27.8 Å².